The molecular weight excluding hydrogens is 268 g/mol. The zero-order valence-electron chi connectivity index (χ0n) is 12.1. The Morgan fingerprint density at radius 3 is 2.37 bits per heavy atom. The maximum Gasteiger partial charge on any atom is 0.273 e. The van der Waals surface area contributed by atoms with Crippen molar-refractivity contribution in [3.8, 4) is 0 Å². The highest BCUT2D eigenvalue weighted by Gasteiger charge is 2.57. The van der Waals surface area contributed by atoms with E-state index in [0.717, 1.165) is 0 Å². The van der Waals surface area contributed by atoms with Crippen LogP contribution < -0.4 is 0 Å². The van der Waals surface area contributed by atoms with Gasteiger partial charge >= 0.3 is 0 Å². The molecule has 19 heavy (non-hydrogen) atoms. The Labute approximate surface area is 115 Å². The molecule has 5 nitrogen and oxygen atoms in total. The molecule has 1 heterocycles. The van der Waals surface area contributed by atoms with Crippen LogP contribution in [0.3, 0.4) is 0 Å². The fourth-order valence-electron chi connectivity index (χ4n) is 2.32. The first-order valence-electron chi connectivity index (χ1n) is 6.87. The lowest BCUT2D eigenvalue weighted by Crippen LogP contribution is -2.32. The fraction of sp³-hybridized carbons (Fsp3) is 1.00. The largest absolute Gasteiger partial charge is 0.348 e. The molecule has 1 saturated carbocycles. The normalized spacial score (nSPS) is 28.8. The summed E-state index contributed by atoms with van der Waals surface area (Å²) in [5, 5.41) is 0. The zero-order valence-corrected chi connectivity index (χ0v) is 13.0. The molecule has 0 aromatic rings. The molecule has 6 heteroatoms. The third-order valence-corrected chi connectivity index (χ3v) is 5.64. The summed E-state index contributed by atoms with van der Waals surface area (Å²) in [7, 11) is -3.50. The van der Waals surface area contributed by atoms with E-state index in [9.17, 15) is 8.42 Å². The lowest BCUT2D eigenvalue weighted by atomic mass is 10.2. The van der Waals surface area contributed by atoms with Gasteiger partial charge in [-0.2, -0.15) is 8.42 Å². The van der Waals surface area contributed by atoms with Gasteiger partial charge in [-0.05, 0) is 39.0 Å². The zero-order chi connectivity index (χ0) is 14.3. The van der Waals surface area contributed by atoms with E-state index >= 15 is 0 Å². The molecule has 0 unspecified atom stereocenters. The minimum absolute atomic E-state index is 0.157. The van der Waals surface area contributed by atoms with Crippen molar-refractivity contribution in [1.29, 1.82) is 0 Å². The van der Waals surface area contributed by atoms with Gasteiger partial charge in [-0.25, -0.2) is 0 Å². The lowest BCUT2D eigenvalue weighted by Gasteiger charge is -2.21. The van der Waals surface area contributed by atoms with E-state index in [0.29, 0.717) is 25.9 Å². The Morgan fingerprint density at radius 1 is 1.32 bits per heavy atom. The Morgan fingerprint density at radius 2 is 1.95 bits per heavy atom. The molecule has 0 N–H and O–H groups in total. The van der Waals surface area contributed by atoms with Gasteiger partial charge in [0.1, 0.15) is 4.75 Å². The smallest absolute Gasteiger partial charge is 0.273 e. The summed E-state index contributed by atoms with van der Waals surface area (Å²) < 4.78 is 40.1. The van der Waals surface area contributed by atoms with E-state index in [1.807, 2.05) is 27.7 Å². The van der Waals surface area contributed by atoms with Crippen LogP contribution in [0, 0.1) is 5.92 Å². The standard InChI is InChI=1S/C13H24O5S/c1-10(2)8-17-19(14,15)13(5-6-13)7-11-9-16-12(3,4)18-11/h10-11H,5-9H2,1-4H3/t11-/m0/s1. The summed E-state index contributed by atoms with van der Waals surface area (Å²) in [6, 6.07) is 0. The maximum atomic E-state index is 12.2. The molecule has 0 radical (unpaired) electrons. The second-order valence-electron chi connectivity index (χ2n) is 6.47. The van der Waals surface area contributed by atoms with Gasteiger partial charge < -0.3 is 9.47 Å². The number of rotatable bonds is 6. The average Bonchev–Trinajstić information content (AvgIpc) is 2.97. The van der Waals surface area contributed by atoms with Crippen molar-refractivity contribution >= 4 is 10.1 Å². The van der Waals surface area contributed by atoms with E-state index in [1.165, 1.54) is 0 Å². The molecule has 0 amide bonds. The monoisotopic (exact) mass is 292 g/mol. The molecule has 1 atom stereocenters. The van der Waals surface area contributed by atoms with Gasteiger partial charge in [0.05, 0.1) is 19.3 Å². The molecule has 1 aliphatic carbocycles. The van der Waals surface area contributed by atoms with Crippen LogP contribution in [0.5, 0.6) is 0 Å². The summed E-state index contributed by atoms with van der Waals surface area (Å²) in [5.41, 5.74) is 0. The van der Waals surface area contributed by atoms with E-state index in [4.69, 9.17) is 13.7 Å². The van der Waals surface area contributed by atoms with Crippen LogP contribution in [0.15, 0.2) is 0 Å². The van der Waals surface area contributed by atoms with Gasteiger partial charge in [0, 0.05) is 0 Å². The molecule has 0 bridgehead atoms. The molecule has 0 aromatic carbocycles. The molecule has 1 aliphatic heterocycles. The van der Waals surface area contributed by atoms with Crippen LogP contribution >= 0.6 is 0 Å². The predicted molar refractivity (Wildman–Crippen MR) is 71.2 cm³/mol. The quantitative estimate of drug-likeness (QED) is 0.701. The summed E-state index contributed by atoms with van der Waals surface area (Å²) in [6.07, 6.45) is 1.63. The van der Waals surface area contributed by atoms with E-state index < -0.39 is 20.7 Å². The molecule has 0 spiro atoms. The van der Waals surface area contributed by atoms with Gasteiger partial charge in [-0.3, -0.25) is 4.18 Å². The summed E-state index contributed by atoms with van der Waals surface area (Å²) >= 11 is 0. The van der Waals surface area contributed by atoms with Gasteiger partial charge in [-0.15, -0.1) is 0 Å². The van der Waals surface area contributed by atoms with E-state index in [2.05, 4.69) is 0 Å². The van der Waals surface area contributed by atoms with E-state index in [1.54, 1.807) is 0 Å². The molecule has 1 saturated heterocycles. The summed E-state index contributed by atoms with van der Waals surface area (Å²) in [5.74, 6) is -0.404. The summed E-state index contributed by atoms with van der Waals surface area (Å²) in [6.45, 7) is 8.26. The third kappa shape index (κ3) is 3.48. The van der Waals surface area contributed by atoms with Crippen molar-refractivity contribution in [3.63, 3.8) is 0 Å². The minimum Gasteiger partial charge on any atom is -0.348 e. The van der Waals surface area contributed by atoms with Gasteiger partial charge in [0.2, 0.25) is 0 Å². The van der Waals surface area contributed by atoms with Crippen molar-refractivity contribution in [2.24, 2.45) is 5.92 Å². The Hall–Kier alpha value is -0.170. The number of hydrogen-bond donors (Lipinski definition) is 0. The highest BCUT2D eigenvalue weighted by Crippen LogP contribution is 2.49. The average molecular weight is 292 g/mol. The van der Waals surface area contributed by atoms with Crippen molar-refractivity contribution in [3.05, 3.63) is 0 Å². The first-order chi connectivity index (χ1) is 8.66. The Kier molecular flexibility index (Phi) is 3.99. The van der Waals surface area contributed by atoms with Gasteiger partial charge in [-0.1, -0.05) is 13.8 Å². The Balaban J connectivity index is 1.96. The van der Waals surface area contributed by atoms with Crippen molar-refractivity contribution in [2.45, 2.75) is 63.6 Å². The third-order valence-electron chi connectivity index (χ3n) is 3.56. The second kappa shape index (κ2) is 4.98. The van der Waals surface area contributed by atoms with Gasteiger partial charge in [0.15, 0.2) is 5.79 Å². The van der Waals surface area contributed by atoms with Crippen molar-refractivity contribution < 1.29 is 22.1 Å². The minimum atomic E-state index is -3.50. The van der Waals surface area contributed by atoms with Crippen LogP contribution in [-0.4, -0.2) is 38.3 Å². The maximum absolute atomic E-state index is 12.2. The first kappa shape index (κ1) is 15.2. The number of hydrogen-bond acceptors (Lipinski definition) is 5. The number of ether oxygens (including phenoxy) is 2. The first-order valence-corrected chi connectivity index (χ1v) is 8.27. The van der Waals surface area contributed by atoms with Crippen LogP contribution in [0.4, 0.5) is 0 Å². The summed E-state index contributed by atoms with van der Waals surface area (Å²) in [4.78, 5) is 0. The molecular formula is C13H24O5S. The highest BCUT2D eigenvalue weighted by atomic mass is 32.2. The fourth-order valence-corrected chi connectivity index (χ4v) is 4.02. The van der Waals surface area contributed by atoms with Crippen LogP contribution in [-0.2, 0) is 23.8 Å². The predicted octanol–water partition coefficient (Wildman–Crippen LogP) is 2.06. The van der Waals surface area contributed by atoms with E-state index in [-0.39, 0.29) is 18.6 Å². The van der Waals surface area contributed by atoms with Crippen molar-refractivity contribution in [1.82, 2.24) is 0 Å². The molecule has 2 rings (SSSR count). The second-order valence-corrected chi connectivity index (χ2v) is 8.48. The lowest BCUT2D eigenvalue weighted by molar-refractivity contribution is -0.139. The molecule has 2 fully saturated rings. The molecule has 2 aliphatic rings. The van der Waals surface area contributed by atoms with Crippen LogP contribution in [0.1, 0.15) is 47.0 Å². The molecule has 0 aromatic heterocycles. The highest BCUT2D eigenvalue weighted by molar-refractivity contribution is 7.88. The Bertz CT molecular complexity index is 422. The van der Waals surface area contributed by atoms with Gasteiger partial charge in [0.25, 0.3) is 10.1 Å². The molecule has 112 valence electrons. The SMILES string of the molecule is CC(C)COS(=O)(=O)C1(C[C@H]2COC(C)(C)O2)CC1. The van der Waals surface area contributed by atoms with Crippen LogP contribution in [0.2, 0.25) is 0 Å². The van der Waals surface area contributed by atoms with Crippen LogP contribution in [0.25, 0.3) is 0 Å². The topological polar surface area (TPSA) is 61.8 Å². The van der Waals surface area contributed by atoms with Crippen molar-refractivity contribution in [2.75, 3.05) is 13.2 Å².